The summed E-state index contributed by atoms with van der Waals surface area (Å²) >= 11 is 5.07. The van der Waals surface area contributed by atoms with E-state index < -0.39 is 0 Å². The van der Waals surface area contributed by atoms with Crippen LogP contribution in [-0.4, -0.2) is 29.9 Å². The molecule has 0 saturated heterocycles. The Labute approximate surface area is 165 Å². The number of nitrogens with zero attached hydrogens (tertiary/aromatic N) is 1. The first-order valence-electron chi connectivity index (χ1n) is 8.66. The summed E-state index contributed by atoms with van der Waals surface area (Å²) < 4.78 is 5.55. The highest BCUT2D eigenvalue weighted by atomic mass is 32.1. The molecule has 0 aliphatic rings. The number of rotatable bonds is 7. The van der Waals surface area contributed by atoms with Crippen LogP contribution >= 0.6 is 12.2 Å². The minimum atomic E-state index is -0.202. The molecule has 0 radical (unpaired) electrons. The fraction of sp³-hybridized carbons (Fsp3) is 0.250. The quantitative estimate of drug-likeness (QED) is 0.388. The highest BCUT2D eigenvalue weighted by Crippen LogP contribution is 2.15. The van der Waals surface area contributed by atoms with Gasteiger partial charge in [0.05, 0.1) is 5.71 Å². The number of hydrogen-bond acceptors (Lipinski definition) is 4. The van der Waals surface area contributed by atoms with Gasteiger partial charge in [0.1, 0.15) is 5.75 Å². The Morgan fingerprint density at radius 2 is 1.85 bits per heavy atom. The number of carbonyl (C=O) groups is 1. The van der Waals surface area contributed by atoms with Crippen LogP contribution in [-0.2, 0) is 4.79 Å². The van der Waals surface area contributed by atoms with Gasteiger partial charge < -0.3 is 15.4 Å². The number of aryl methyl sites for hydroxylation is 1. The molecule has 7 heteroatoms. The van der Waals surface area contributed by atoms with E-state index in [0.29, 0.717) is 10.9 Å². The summed E-state index contributed by atoms with van der Waals surface area (Å²) in [4.78, 5) is 12.0. The van der Waals surface area contributed by atoms with E-state index in [1.165, 1.54) is 0 Å². The molecule has 0 unspecified atom stereocenters. The van der Waals surface area contributed by atoms with E-state index in [9.17, 15) is 4.79 Å². The van der Waals surface area contributed by atoms with E-state index in [1.54, 1.807) is 12.1 Å². The van der Waals surface area contributed by atoms with Crippen LogP contribution in [0.4, 0.5) is 5.69 Å². The second kappa shape index (κ2) is 10.3. The van der Waals surface area contributed by atoms with Crippen molar-refractivity contribution in [3.8, 4) is 5.75 Å². The van der Waals surface area contributed by atoms with Crippen molar-refractivity contribution >= 4 is 34.6 Å². The maximum Gasteiger partial charge on any atom is 0.262 e. The van der Waals surface area contributed by atoms with E-state index in [1.807, 2.05) is 57.2 Å². The number of amides is 1. The van der Waals surface area contributed by atoms with Crippen molar-refractivity contribution in [2.45, 2.75) is 20.8 Å². The fourth-order valence-corrected chi connectivity index (χ4v) is 2.43. The maximum atomic E-state index is 12.0. The van der Waals surface area contributed by atoms with Crippen molar-refractivity contribution in [1.29, 1.82) is 0 Å². The molecule has 0 saturated carbocycles. The molecule has 0 atom stereocenters. The summed E-state index contributed by atoms with van der Waals surface area (Å²) in [5.74, 6) is 0.412. The number of benzene rings is 2. The molecule has 1 amide bonds. The van der Waals surface area contributed by atoms with E-state index in [0.717, 1.165) is 29.1 Å². The Morgan fingerprint density at radius 3 is 2.52 bits per heavy atom. The van der Waals surface area contributed by atoms with Gasteiger partial charge >= 0.3 is 0 Å². The van der Waals surface area contributed by atoms with E-state index in [-0.39, 0.29) is 12.5 Å². The van der Waals surface area contributed by atoms with Crippen molar-refractivity contribution in [1.82, 2.24) is 10.7 Å². The highest BCUT2D eigenvalue weighted by molar-refractivity contribution is 7.80. The Kier molecular flexibility index (Phi) is 7.76. The predicted molar refractivity (Wildman–Crippen MR) is 113 cm³/mol. The van der Waals surface area contributed by atoms with E-state index in [4.69, 9.17) is 17.0 Å². The summed E-state index contributed by atoms with van der Waals surface area (Å²) in [6.45, 7) is 6.47. The molecule has 6 nitrogen and oxygen atoms in total. The van der Waals surface area contributed by atoms with E-state index in [2.05, 4.69) is 21.2 Å². The molecule has 142 valence electrons. The molecule has 0 aromatic heterocycles. The third-order valence-corrected chi connectivity index (χ3v) is 3.96. The monoisotopic (exact) mass is 384 g/mol. The molecule has 27 heavy (non-hydrogen) atoms. The largest absolute Gasteiger partial charge is 0.484 e. The number of hydrazone groups is 1. The predicted octanol–water partition coefficient (Wildman–Crippen LogP) is 3.22. The van der Waals surface area contributed by atoms with Gasteiger partial charge in [-0.25, -0.2) is 0 Å². The van der Waals surface area contributed by atoms with Crippen LogP contribution in [0.25, 0.3) is 0 Å². The second-order valence-electron chi connectivity index (χ2n) is 5.84. The summed E-state index contributed by atoms with van der Waals surface area (Å²) in [6.07, 6.45) is 0. The van der Waals surface area contributed by atoms with Gasteiger partial charge in [-0.1, -0.05) is 18.2 Å². The van der Waals surface area contributed by atoms with Crippen molar-refractivity contribution in [2.75, 3.05) is 18.5 Å². The first-order chi connectivity index (χ1) is 13.0. The van der Waals surface area contributed by atoms with Crippen molar-refractivity contribution in [3.63, 3.8) is 0 Å². The van der Waals surface area contributed by atoms with Gasteiger partial charge in [-0.15, -0.1) is 0 Å². The van der Waals surface area contributed by atoms with Gasteiger partial charge in [0.15, 0.2) is 11.7 Å². The number of nitrogens with one attached hydrogen (secondary N) is 3. The lowest BCUT2D eigenvalue weighted by Crippen LogP contribution is -2.32. The maximum absolute atomic E-state index is 12.0. The highest BCUT2D eigenvalue weighted by Gasteiger charge is 2.06. The SMILES string of the molecule is CCNC(=S)N/N=C(/C)c1ccc(OCC(=O)Nc2ccccc2C)cc1. The third-order valence-electron chi connectivity index (χ3n) is 3.72. The van der Waals surface area contributed by atoms with Crippen molar-refractivity contribution in [2.24, 2.45) is 5.10 Å². The minimum Gasteiger partial charge on any atom is -0.484 e. The second-order valence-corrected chi connectivity index (χ2v) is 6.25. The first kappa shape index (κ1) is 20.4. The summed E-state index contributed by atoms with van der Waals surface area (Å²) in [6, 6.07) is 15.0. The normalized spacial score (nSPS) is 10.9. The van der Waals surface area contributed by atoms with Crippen LogP contribution in [0.3, 0.4) is 0 Å². The van der Waals surface area contributed by atoms with E-state index >= 15 is 0 Å². The first-order valence-corrected chi connectivity index (χ1v) is 9.07. The molecule has 2 aromatic rings. The molecule has 0 spiro atoms. The number of para-hydroxylation sites is 1. The van der Waals surface area contributed by atoms with Crippen LogP contribution in [0.15, 0.2) is 53.6 Å². The van der Waals surface area contributed by atoms with Crippen LogP contribution in [0.2, 0.25) is 0 Å². The average Bonchev–Trinajstić information content (AvgIpc) is 2.67. The zero-order valence-electron chi connectivity index (χ0n) is 15.7. The topological polar surface area (TPSA) is 74.8 Å². The Bertz CT molecular complexity index is 819. The lowest BCUT2D eigenvalue weighted by molar-refractivity contribution is -0.118. The van der Waals surface area contributed by atoms with Crippen LogP contribution < -0.4 is 20.8 Å². The van der Waals surface area contributed by atoms with Crippen molar-refractivity contribution < 1.29 is 9.53 Å². The standard InChI is InChI=1S/C20H24N4O2S/c1-4-21-20(27)24-23-15(3)16-9-11-17(12-10-16)26-13-19(25)22-18-8-6-5-7-14(18)2/h5-12H,4,13H2,1-3H3,(H,22,25)(H2,21,24,27)/b23-15-. The molecule has 0 heterocycles. The van der Waals surface area contributed by atoms with Crippen LogP contribution in [0, 0.1) is 6.92 Å². The molecule has 0 fully saturated rings. The van der Waals surface area contributed by atoms with Crippen LogP contribution in [0.5, 0.6) is 5.75 Å². The molecule has 0 aliphatic carbocycles. The van der Waals surface area contributed by atoms with Gasteiger partial charge in [-0.2, -0.15) is 5.10 Å². The van der Waals surface area contributed by atoms with Crippen LogP contribution in [0.1, 0.15) is 25.0 Å². The van der Waals surface area contributed by atoms with Crippen molar-refractivity contribution in [3.05, 3.63) is 59.7 Å². The minimum absolute atomic E-state index is 0.0563. The zero-order valence-corrected chi connectivity index (χ0v) is 16.5. The van der Waals surface area contributed by atoms with Gasteiger partial charge in [-0.05, 0) is 74.4 Å². The number of hydrogen-bond donors (Lipinski definition) is 3. The molecule has 2 rings (SSSR count). The lowest BCUT2D eigenvalue weighted by Gasteiger charge is -2.10. The van der Waals surface area contributed by atoms with Gasteiger partial charge in [0.2, 0.25) is 0 Å². The lowest BCUT2D eigenvalue weighted by atomic mass is 10.1. The third kappa shape index (κ3) is 6.71. The Hall–Kier alpha value is -2.93. The molecule has 0 bridgehead atoms. The zero-order chi connectivity index (χ0) is 19.6. The Balaban J connectivity index is 1.86. The molecular formula is C20H24N4O2S. The molecular weight excluding hydrogens is 360 g/mol. The number of anilines is 1. The Morgan fingerprint density at radius 1 is 1.15 bits per heavy atom. The summed E-state index contributed by atoms with van der Waals surface area (Å²) in [7, 11) is 0. The van der Waals surface area contributed by atoms with Gasteiger partial charge in [0.25, 0.3) is 5.91 Å². The summed E-state index contributed by atoms with van der Waals surface area (Å²) in [5, 5.41) is 10.5. The fourth-order valence-electron chi connectivity index (χ4n) is 2.24. The molecule has 0 aliphatic heterocycles. The smallest absolute Gasteiger partial charge is 0.262 e. The number of ether oxygens (including phenoxy) is 1. The molecule has 3 N–H and O–H groups in total. The molecule has 2 aromatic carbocycles. The van der Waals surface area contributed by atoms with Gasteiger partial charge in [0, 0.05) is 12.2 Å². The van der Waals surface area contributed by atoms with Gasteiger partial charge in [-0.3, -0.25) is 10.2 Å². The summed E-state index contributed by atoms with van der Waals surface area (Å²) in [5.41, 5.74) is 6.30. The number of carbonyl (C=O) groups excluding carboxylic acids is 1. The number of thiocarbonyl (C=S) groups is 1. The average molecular weight is 385 g/mol.